The number of benzene rings is 1. The molecule has 8 nitrogen and oxygen atoms in total. The summed E-state index contributed by atoms with van der Waals surface area (Å²) in [5, 5.41) is 15.9. The van der Waals surface area contributed by atoms with Crippen molar-refractivity contribution < 1.29 is 0 Å². The van der Waals surface area contributed by atoms with E-state index in [1.807, 2.05) is 38.4 Å². The Morgan fingerprint density at radius 1 is 1.25 bits per heavy atom. The average Bonchev–Trinajstić information content (AvgIpc) is 3.18. The van der Waals surface area contributed by atoms with E-state index >= 15 is 0 Å². The van der Waals surface area contributed by atoms with Crippen molar-refractivity contribution in [3.05, 3.63) is 42.2 Å². The van der Waals surface area contributed by atoms with E-state index < -0.39 is 0 Å². The number of aryl methyl sites for hydroxylation is 2. The number of aromatic amines is 1. The van der Waals surface area contributed by atoms with Crippen molar-refractivity contribution >= 4 is 28.4 Å². The van der Waals surface area contributed by atoms with Crippen molar-refractivity contribution in [2.24, 2.45) is 7.05 Å². The quantitative estimate of drug-likeness (QED) is 0.534. The lowest BCUT2D eigenvalue weighted by atomic mass is 10.1. The first kappa shape index (κ1) is 14.2. The molecule has 120 valence electrons. The van der Waals surface area contributed by atoms with E-state index in [2.05, 4.69) is 30.6 Å². The SMILES string of the molecule is Cc1c(Nc2nc(-c3ccnc(N)c3)nn2C)ccc2[nH]ncc12. The lowest BCUT2D eigenvalue weighted by Crippen LogP contribution is -2.01. The number of anilines is 3. The molecule has 8 heteroatoms. The first-order valence-electron chi connectivity index (χ1n) is 7.44. The third-order valence-corrected chi connectivity index (χ3v) is 3.94. The number of pyridine rings is 1. The van der Waals surface area contributed by atoms with Gasteiger partial charge in [-0.05, 0) is 36.8 Å². The Morgan fingerprint density at radius 3 is 2.96 bits per heavy atom. The fraction of sp³-hybridized carbons (Fsp3) is 0.125. The Bertz CT molecular complexity index is 1030. The molecule has 0 aliphatic carbocycles. The number of nitrogens with one attached hydrogen (secondary N) is 2. The molecule has 24 heavy (non-hydrogen) atoms. The molecular formula is C16H16N8. The third kappa shape index (κ3) is 2.34. The molecular weight excluding hydrogens is 304 g/mol. The first-order valence-corrected chi connectivity index (χ1v) is 7.44. The van der Waals surface area contributed by atoms with E-state index in [4.69, 9.17) is 5.73 Å². The van der Waals surface area contributed by atoms with Crippen LogP contribution in [0.25, 0.3) is 22.3 Å². The van der Waals surface area contributed by atoms with Crippen molar-refractivity contribution in [3.8, 4) is 11.4 Å². The number of hydrogen-bond donors (Lipinski definition) is 3. The summed E-state index contributed by atoms with van der Waals surface area (Å²) in [5.41, 5.74) is 9.61. The van der Waals surface area contributed by atoms with E-state index in [0.717, 1.165) is 27.7 Å². The van der Waals surface area contributed by atoms with Crippen LogP contribution in [0.15, 0.2) is 36.7 Å². The molecule has 0 bridgehead atoms. The number of nitrogen functional groups attached to an aromatic ring is 1. The van der Waals surface area contributed by atoms with Gasteiger partial charge in [-0.15, -0.1) is 5.10 Å². The molecule has 0 aliphatic heterocycles. The van der Waals surface area contributed by atoms with Gasteiger partial charge < -0.3 is 11.1 Å². The second kappa shape index (κ2) is 5.34. The number of aromatic nitrogens is 6. The largest absolute Gasteiger partial charge is 0.384 e. The molecule has 4 N–H and O–H groups in total. The molecule has 0 saturated heterocycles. The highest BCUT2D eigenvalue weighted by atomic mass is 15.4. The molecule has 3 heterocycles. The Kier molecular flexibility index (Phi) is 3.16. The minimum Gasteiger partial charge on any atom is -0.384 e. The number of nitrogens with zero attached hydrogens (tertiary/aromatic N) is 5. The topological polar surface area (TPSA) is 110 Å². The summed E-state index contributed by atoms with van der Waals surface area (Å²) in [6.07, 6.45) is 3.46. The Morgan fingerprint density at radius 2 is 2.12 bits per heavy atom. The molecule has 0 atom stereocenters. The zero-order valence-electron chi connectivity index (χ0n) is 13.3. The van der Waals surface area contributed by atoms with Crippen molar-refractivity contribution in [3.63, 3.8) is 0 Å². The van der Waals surface area contributed by atoms with E-state index in [9.17, 15) is 0 Å². The summed E-state index contributed by atoms with van der Waals surface area (Å²) >= 11 is 0. The molecule has 4 aromatic rings. The van der Waals surface area contributed by atoms with Crippen molar-refractivity contribution in [1.29, 1.82) is 0 Å². The minimum absolute atomic E-state index is 0.440. The van der Waals surface area contributed by atoms with Crippen molar-refractivity contribution in [2.45, 2.75) is 6.92 Å². The molecule has 1 aromatic carbocycles. The van der Waals surface area contributed by atoms with Gasteiger partial charge in [-0.2, -0.15) is 10.1 Å². The molecule has 0 fully saturated rings. The van der Waals surface area contributed by atoms with Gasteiger partial charge >= 0.3 is 0 Å². The normalized spacial score (nSPS) is 11.1. The van der Waals surface area contributed by atoms with Gasteiger partial charge in [-0.1, -0.05) is 0 Å². The number of nitrogens with two attached hydrogens (primary N) is 1. The molecule has 0 radical (unpaired) electrons. The van der Waals surface area contributed by atoms with Gasteiger partial charge in [0.05, 0.1) is 11.7 Å². The molecule has 0 amide bonds. The summed E-state index contributed by atoms with van der Waals surface area (Å²) in [7, 11) is 1.84. The smallest absolute Gasteiger partial charge is 0.225 e. The number of hydrogen-bond acceptors (Lipinski definition) is 6. The lowest BCUT2D eigenvalue weighted by molar-refractivity contribution is 0.778. The van der Waals surface area contributed by atoms with Crippen LogP contribution in [-0.4, -0.2) is 29.9 Å². The van der Waals surface area contributed by atoms with Gasteiger partial charge in [-0.25, -0.2) is 9.67 Å². The molecule has 0 spiro atoms. The highest BCUT2D eigenvalue weighted by Crippen LogP contribution is 2.27. The molecule has 0 unspecified atom stereocenters. The number of rotatable bonds is 3. The first-order chi connectivity index (χ1) is 11.6. The second-order valence-electron chi connectivity index (χ2n) is 5.55. The summed E-state index contributed by atoms with van der Waals surface area (Å²) in [5.74, 6) is 1.68. The number of fused-ring (bicyclic) bond motifs is 1. The molecule has 3 aromatic heterocycles. The summed E-state index contributed by atoms with van der Waals surface area (Å²) in [6.45, 7) is 2.04. The number of H-pyrrole nitrogens is 1. The maximum atomic E-state index is 5.73. The molecule has 4 rings (SSSR count). The average molecular weight is 320 g/mol. The summed E-state index contributed by atoms with van der Waals surface area (Å²) in [4.78, 5) is 8.55. The van der Waals surface area contributed by atoms with E-state index in [0.29, 0.717) is 17.6 Å². The molecule has 0 saturated carbocycles. The zero-order valence-corrected chi connectivity index (χ0v) is 13.3. The highest BCUT2D eigenvalue weighted by molar-refractivity contribution is 5.87. The Balaban J connectivity index is 1.70. The zero-order chi connectivity index (χ0) is 16.7. The van der Waals surface area contributed by atoms with Crippen molar-refractivity contribution in [2.75, 3.05) is 11.1 Å². The van der Waals surface area contributed by atoms with Gasteiger partial charge in [0.15, 0.2) is 5.82 Å². The summed E-state index contributed by atoms with van der Waals surface area (Å²) < 4.78 is 1.70. The van der Waals surface area contributed by atoms with Gasteiger partial charge in [0, 0.05) is 29.9 Å². The van der Waals surface area contributed by atoms with Crippen LogP contribution in [0.3, 0.4) is 0 Å². The standard InChI is InChI=1S/C16H16N8/c1-9-11-8-19-22-13(11)4-3-12(9)20-16-21-15(23-24(16)2)10-5-6-18-14(17)7-10/h3-8H,1-2H3,(H2,17,18)(H,19,22)(H,20,21,23). The predicted octanol–water partition coefficient (Wildman–Crippen LogP) is 2.39. The molecule has 0 aliphatic rings. The van der Waals surface area contributed by atoms with Crippen LogP contribution in [0.4, 0.5) is 17.5 Å². The van der Waals surface area contributed by atoms with Gasteiger partial charge in [-0.3, -0.25) is 5.10 Å². The van der Waals surface area contributed by atoms with Crippen LogP contribution in [0.2, 0.25) is 0 Å². The van der Waals surface area contributed by atoms with E-state index in [1.165, 1.54) is 0 Å². The third-order valence-electron chi connectivity index (χ3n) is 3.94. The van der Waals surface area contributed by atoms with Gasteiger partial charge in [0.1, 0.15) is 5.82 Å². The van der Waals surface area contributed by atoms with Crippen LogP contribution in [-0.2, 0) is 7.05 Å². The van der Waals surface area contributed by atoms with Gasteiger partial charge in [0.25, 0.3) is 0 Å². The highest BCUT2D eigenvalue weighted by Gasteiger charge is 2.12. The van der Waals surface area contributed by atoms with Crippen molar-refractivity contribution in [1.82, 2.24) is 29.9 Å². The predicted molar refractivity (Wildman–Crippen MR) is 92.8 cm³/mol. The monoisotopic (exact) mass is 320 g/mol. The van der Waals surface area contributed by atoms with E-state index in [1.54, 1.807) is 16.9 Å². The van der Waals surface area contributed by atoms with E-state index in [-0.39, 0.29) is 0 Å². The van der Waals surface area contributed by atoms with Crippen LogP contribution < -0.4 is 11.1 Å². The lowest BCUT2D eigenvalue weighted by Gasteiger charge is -2.08. The van der Waals surface area contributed by atoms with Crippen LogP contribution in [0.1, 0.15) is 5.56 Å². The second-order valence-corrected chi connectivity index (χ2v) is 5.55. The van der Waals surface area contributed by atoms with Crippen LogP contribution >= 0.6 is 0 Å². The fourth-order valence-electron chi connectivity index (χ4n) is 2.62. The fourth-order valence-corrected chi connectivity index (χ4v) is 2.62. The Labute approximate surface area is 137 Å². The van der Waals surface area contributed by atoms with Crippen LogP contribution in [0.5, 0.6) is 0 Å². The minimum atomic E-state index is 0.440. The van der Waals surface area contributed by atoms with Gasteiger partial charge in [0.2, 0.25) is 5.95 Å². The maximum Gasteiger partial charge on any atom is 0.225 e. The Hall–Kier alpha value is -3.42. The van der Waals surface area contributed by atoms with Crippen LogP contribution in [0, 0.1) is 6.92 Å². The summed E-state index contributed by atoms with van der Waals surface area (Å²) in [6, 6.07) is 7.56. The maximum absolute atomic E-state index is 5.73.